The van der Waals surface area contributed by atoms with Gasteiger partial charge < -0.3 is 15.0 Å². The minimum absolute atomic E-state index is 0.0751. The second-order valence-corrected chi connectivity index (χ2v) is 11.4. The number of nitrogens with one attached hydrogen (secondary N) is 3. The number of benzene rings is 2. The minimum Gasteiger partial charge on any atom is -0.468 e. The van der Waals surface area contributed by atoms with Crippen LogP contribution in [0.15, 0.2) is 48.5 Å². The zero-order valence-electron chi connectivity index (χ0n) is 19.8. The SMILES string of the molecule is COC(=O)C1Cc2c([nH]c3ccccc23)C(c2ccc(NC34CC5CC(CC(C5)C3)C4)cc2)N1. The van der Waals surface area contributed by atoms with E-state index in [4.69, 9.17) is 4.74 Å². The standard InChI is InChI=1S/C29H33N3O2/c1-34-28(33)25-13-23-22-4-2-3-5-24(22)30-27(23)26(31-25)20-6-8-21(9-7-20)32-29-14-17-10-18(15-29)12-19(11-17)16-29/h2-9,17-19,25-26,30-32H,10-16H2,1H3. The zero-order valence-corrected chi connectivity index (χ0v) is 19.8. The van der Waals surface area contributed by atoms with Gasteiger partial charge in [-0.3, -0.25) is 10.1 Å². The van der Waals surface area contributed by atoms with E-state index in [-0.39, 0.29) is 18.1 Å². The van der Waals surface area contributed by atoms with Crippen molar-refractivity contribution < 1.29 is 9.53 Å². The molecule has 4 bridgehead atoms. The number of aromatic amines is 1. The van der Waals surface area contributed by atoms with E-state index in [1.165, 1.54) is 62.3 Å². The van der Waals surface area contributed by atoms with E-state index in [9.17, 15) is 4.79 Å². The molecule has 3 aromatic rings. The number of hydrogen-bond acceptors (Lipinski definition) is 4. The highest BCUT2D eigenvalue weighted by Crippen LogP contribution is 2.56. The summed E-state index contributed by atoms with van der Waals surface area (Å²) in [7, 11) is 1.47. The Bertz CT molecular complexity index is 1210. The van der Waals surface area contributed by atoms with E-state index >= 15 is 0 Å². The Balaban J connectivity index is 1.19. The van der Waals surface area contributed by atoms with Gasteiger partial charge in [0.1, 0.15) is 6.04 Å². The molecule has 8 rings (SSSR count). The summed E-state index contributed by atoms with van der Waals surface area (Å²) < 4.78 is 5.11. The Morgan fingerprint density at radius 1 is 0.971 bits per heavy atom. The summed E-state index contributed by atoms with van der Waals surface area (Å²) in [5.74, 6) is 2.58. The first-order valence-corrected chi connectivity index (χ1v) is 12.9. The van der Waals surface area contributed by atoms with Crippen LogP contribution in [-0.2, 0) is 16.0 Å². The Hall–Kier alpha value is -2.79. The van der Waals surface area contributed by atoms with Gasteiger partial charge in [0.05, 0.1) is 13.2 Å². The van der Waals surface area contributed by atoms with Crippen LogP contribution in [0.3, 0.4) is 0 Å². The fraction of sp³-hybridized carbons (Fsp3) is 0.483. The van der Waals surface area contributed by atoms with Gasteiger partial charge in [-0.15, -0.1) is 0 Å². The molecule has 5 aliphatic rings. The third-order valence-electron chi connectivity index (χ3n) is 9.09. The molecule has 0 radical (unpaired) electrons. The van der Waals surface area contributed by atoms with Gasteiger partial charge in [-0.05, 0) is 85.6 Å². The highest BCUT2D eigenvalue weighted by atomic mass is 16.5. The fourth-order valence-electron chi connectivity index (χ4n) is 8.12. The molecule has 2 heterocycles. The highest BCUT2D eigenvalue weighted by Gasteiger charge is 2.50. The lowest BCUT2D eigenvalue weighted by Gasteiger charge is -2.57. The van der Waals surface area contributed by atoms with Gasteiger partial charge in [0.2, 0.25) is 0 Å². The summed E-state index contributed by atoms with van der Waals surface area (Å²) in [6.45, 7) is 0. The van der Waals surface area contributed by atoms with Crippen LogP contribution in [0, 0.1) is 17.8 Å². The number of para-hydroxylation sites is 1. The molecule has 0 spiro atoms. The molecular weight excluding hydrogens is 422 g/mol. The summed E-state index contributed by atoms with van der Waals surface area (Å²) in [5.41, 5.74) is 6.18. The second kappa shape index (κ2) is 7.61. The molecule has 0 amide bonds. The lowest BCUT2D eigenvalue weighted by molar-refractivity contribution is -0.143. The number of carbonyl (C=O) groups is 1. The molecule has 4 aliphatic carbocycles. The Morgan fingerprint density at radius 2 is 1.65 bits per heavy atom. The summed E-state index contributed by atoms with van der Waals surface area (Å²) in [6, 6.07) is 16.8. The minimum atomic E-state index is -0.355. The number of H-pyrrole nitrogens is 1. The normalized spacial score (nSPS) is 33.6. The molecule has 1 aliphatic heterocycles. The average Bonchev–Trinajstić information content (AvgIpc) is 3.21. The van der Waals surface area contributed by atoms with E-state index in [1.54, 1.807) is 0 Å². The third-order valence-corrected chi connectivity index (χ3v) is 9.09. The van der Waals surface area contributed by atoms with Crippen molar-refractivity contribution in [3.8, 4) is 0 Å². The maximum atomic E-state index is 12.5. The van der Waals surface area contributed by atoms with E-state index in [1.807, 2.05) is 0 Å². The molecular formula is C29H33N3O2. The number of methoxy groups -OCH3 is 1. The largest absolute Gasteiger partial charge is 0.468 e. The molecule has 2 unspecified atom stereocenters. The van der Waals surface area contributed by atoms with Crippen LogP contribution in [0.4, 0.5) is 5.69 Å². The fourth-order valence-corrected chi connectivity index (χ4v) is 8.12. The molecule has 0 saturated heterocycles. The number of ether oxygens (including phenoxy) is 1. The maximum absolute atomic E-state index is 12.5. The Labute approximate surface area is 200 Å². The van der Waals surface area contributed by atoms with E-state index < -0.39 is 0 Å². The predicted molar refractivity (Wildman–Crippen MR) is 134 cm³/mol. The van der Waals surface area contributed by atoms with Crippen molar-refractivity contribution >= 4 is 22.6 Å². The van der Waals surface area contributed by atoms with Gasteiger partial charge in [0, 0.05) is 34.2 Å². The smallest absolute Gasteiger partial charge is 0.323 e. The first-order valence-electron chi connectivity index (χ1n) is 12.9. The van der Waals surface area contributed by atoms with Crippen molar-refractivity contribution in [2.45, 2.75) is 62.6 Å². The van der Waals surface area contributed by atoms with Gasteiger partial charge in [0.25, 0.3) is 0 Å². The molecule has 4 saturated carbocycles. The molecule has 5 heteroatoms. The molecule has 2 atom stereocenters. The maximum Gasteiger partial charge on any atom is 0.323 e. The van der Waals surface area contributed by atoms with E-state index in [2.05, 4.69) is 64.1 Å². The quantitative estimate of drug-likeness (QED) is 0.466. The number of rotatable bonds is 4. The number of hydrogen-bond donors (Lipinski definition) is 3. The molecule has 4 fully saturated rings. The first kappa shape index (κ1) is 20.6. The first-order chi connectivity index (χ1) is 16.6. The Kier molecular flexibility index (Phi) is 4.60. The molecule has 176 valence electrons. The van der Waals surface area contributed by atoms with Crippen LogP contribution in [0.5, 0.6) is 0 Å². The third kappa shape index (κ3) is 3.28. The number of aromatic nitrogens is 1. The summed E-state index contributed by atoms with van der Waals surface area (Å²) >= 11 is 0. The Morgan fingerprint density at radius 3 is 2.32 bits per heavy atom. The molecule has 3 N–H and O–H groups in total. The van der Waals surface area contributed by atoms with Gasteiger partial charge in [-0.2, -0.15) is 0 Å². The van der Waals surface area contributed by atoms with Gasteiger partial charge in [-0.1, -0.05) is 30.3 Å². The number of esters is 1. The topological polar surface area (TPSA) is 66.2 Å². The van der Waals surface area contributed by atoms with Crippen molar-refractivity contribution in [1.82, 2.24) is 10.3 Å². The van der Waals surface area contributed by atoms with Gasteiger partial charge in [-0.25, -0.2) is 0 Å². The molecule has 1 aromatic heterocycles. The number of fused-ring (bicyclic) bond motifs is 3. The van der Waals surface area contributed by atoms with E-state index in [0.29, 0.717) is 12.0 Å². The highest BCUT2D eigenvalue weighted by molar-refractivity contribution is 5.87. The van der Waals surface area contributed by atoms with Gasteiger partial charge in [0.15, 0.2) is 0 Å². The second-order valence-electron chi connectivity index (χ2n) is 11.4. The summed E-state index contributed by atoms with van der Waals surface area (Å²) in [6.07, 6.45) is 9.02. The monoisotopic (exact) mass is 455 g/mol. The van der Waals surface area contributed by atoms with Crippen molar-refractivity contribution in [1.29, 1.82) is 0 Å². The van der Waals surface area contributed by atoms with Crippen LogP contribution >= 0.6 is 0 Å². The summed E-state index contributed by atoms with van der Waals surface area (Å²) in [5, 5.41) is 8.74. The summed E-state index contributed by atoms with van der Waals surface area (Å²) in [4.78, 5) is 16.1. The predicted octanol–water partition coefficient (Wildman–Crippen LogP) is 5.33. The van der Waals surface area contributed by atoms with Crippen LogP contribution in [0.2, 0.25) is 0 Å². The van der Waals surface area contributed by atoms with Crippen molar-refractivity contribution in [3.63, 3.8) is 0 Å². The van der Waals surface area contributed by atoms with Crippen LogP contribution in [0.25, 0.3) is 10.9 Å². The zero-order chi connectivity index (χ0) is 22.9. The van der Waals surface area contributed by atoms with E-state index in [0.717, 1.165) is 34.5 Å². The average molecular weight is 456 g/mol. The molecule has 34 heavy (non-hydrogen) atoms. The molecule has 2 aromatic carbocycles. The lowest BCUT2D eigenvalue weighted by Crippen LogP contribution is -2.54. The van der Waals surface area contributed by atoms with Crippen molar-refractivity contribution in [2.24, 2.45) is 17.8 Å². The van der Waals surface area contributed by atoms with Gasteiger partial charge >= 0.3 is 5.97 Å². The van der Waals surface area contributed by atoms with Crippen LogP contribution in [-0.4, -0.2) is 29.6 Å². The number of carbonyl (C=O) groups excluding carboxylic acids is 1. The van der Waals surface area contributed by atoms with Crippen LogP contribution in [0.1, 0.15) is 61.4 Å². The lowest BCUT2D eigenvalue weighted by atomic mass is 9.53. The van der Waals surface area contributed by atoms with Crippen molar-refractivity contribution in [2.75, 3.05) is 12.4 Å². The van der Waals surface area contributed by atoms with Crippen LogP contribution < -0.4 is 10.6 Å². The van der Waals surface area contributed by atoms with Crippen molar-refractivity contribution in [3.05, 3.63) is 65.4 Å². The molecule has 5 nitrogen and oxygen atoms in total. The number of anilines is 1.